The molecule has 2 N–H and O–H groups in total. The maximum absolute atomic E-state index is 14.8. The number of nitrogens with zero attached hydrogens (tertiary/aromatic N) is 1. The van der Waals surface area contributed by atoms with Gasteiger partial charge in [-0.25, -0.2) is 4.79 Å². The van der Waals surface area contributed by atoms with Crippen LogP contribution in [0.15, 0.2) is 54.6 Å². The van der Waals surface area contributed by atoms with Crippen LogP contribution < -0.4 is 10.6 Å². The molecular weight excluding hydrogens is 526 g/mol. The predicted octanol–water partition coefficient (Wildman–Crippen LogP) is 6.89. The van der Waals surface area contributed by atoms with Crippen LogP contribution in [0.25, 0.3) is 0 Å². The summed E-state index contributed by atoms with van der Waals surface area (Å²) in [6.07, 6.45) is 6.32. The van der Waals surface area contributed by atoms with Crippen LogP contribution in [0.1, 0.15) is 110 Å². The van der Waals surface area contributed by atoms with Crippen molar-refractivity contribution in [3.8, 4) is 0 Å². The van der Waals surface area contributed by atoms with Gasteiger partial charge in [-0.15, -0.1) is 0 Å². The molecule has 3 rings (SSSR count). The van der Waals surface area contributed by atoms with Gasteiger partial charge >= 0.3 is 6.09 Å². The zero-order valence-corrected chi connectivity index (χ0v) is 26.7. The van der Waals surface area contributed by atoms with E-state index in [2.05, 4.69) is 17.6 Å². The zero-order valence-electron chi connectivity index (χ0n) is 26.7. The van der Waals surface area contributed by atoms with Crippen LogP contribution in [-0.4, -0.2) is 46.0 Å². The lowest BCUT2D eigenvalue weighted by Gasteiger charge is -2.45. The number of nitrogens with one attached hydrogen (secondary N) is 2. The van der Waals surface area contributed by atoms with E-state index in [-0.39, 0.29) is 24.3 Å². The summed E-state index contributed by atoms with van der Waals surface area (Å²) in [5.74, 6) is -0.503. The largest absolute Gasteiger partial charge is 0.444 e. The molecule has 2 atom stereocenters. The molecule has 7 heteroatoms. The Hall–Kier alpha value is -3.35. The van der Waals surface area contributed by atoms with E-state index in [0.29, 0.717) is 6.42 Å². The molecule has 7 nitrogen and oxygen atoms in total. The maximum atomic E-state index is 14.8. The number of ether oxygens (including phenoxy) is 1. The second-order valence-corrected chi connectivity index (χ2v) is 13.1. The smallest absolute Gasteiger partial charge is 0.408 e. The third-order valence-corrected chi connectivity index (χ3v) is 8.19. The van der Waals surface area contributed by atoms with Gasteiger partial charge in [-0.2, -0.15) is 0 Å². The summed E-state index contributed by atoms with van der Waals surface area (Å²) in [5, 5.41) is 6.15. The van der Waals surface area contributed by atoms with Gasteiger partial charge < -0.3 is 20.3 Å². The Balaban J connectivity index is 2.08. The molecular formula is C35H51N3O4. The van der Waals surface area contributed by atoms with E-state index in [4.69, 9.17) is 4.74 Å². The van der Waals surface area contributed by atoms with Crippen molar-refractivity contribution in [3.63, 3.8) is 0 Å². The monoisotopic (exact) mass is 577 g/mol. The molecule has 3 amide bonds. The molecule has 1 aliphatic carbocycles. The van der Waals surface area contributed by atoms with E-state index >= 15 is 0 Å². The molecule has 1 saturated carbocycles. The summed E-state index contributed by atoms with van der Waals surface area (Å²) >= 11 is 0. The highest BCUT2D eigenvalue weighted by atomic mass is 16.6. The van der Waals surface area contributed by atoms with Crippen molar-refractivity contribution in [1.82, 2.24) is 15.5 Å². The molecule has 1 fully saturated rings. The minimum atomic E-state index is -0.937. The lowest BCUT2D eigenvalue weighted by Crippen LogP contribution is -2.60. The van der Waals surface area contributed by atoms with Crippen molar-refractivity contribution >= 4 is 17.9 Å². The molecule has 1 aliphatic rings. The van der Waals surface area contributed by atoms with Crippen molar-refractivity contribution in [1.29, 1.82) is 0 Å². The number of carbonyl (C=O) groups is 3. The molecule has 0 heterocycles. The van der Waals surface area contributed by atoms with E-state index in [1.807, 2.05) is 75.4 Å². The number of rotatable bonds is 11. The minimum Gasteiger partial charge on any atom is -0.444 e. The molecule has 42 heavy (non-hydrogen) atoms. The average molecular weight is 578 g/mol. The Morgan fingerprint density at radius 1 is 0.881 bits per heavy atom. The van der Waals surface area contributed by atoms with Gasteiger partial charge in [0.15, 0.2) is 0 Å². The number of aryl methyl sites for hydroxylation is 1. The fourth-order valence-electron chi connectivity index (χ4n) is 5.49. The molecule has 2 unspecified atom stereocenters. The Kier molecular flexibility index (Phi) is 11.6. The van der Waals surface area contributed by atoms with Crippen molar-refractivity contribution < 1.29 is 19.1 Å². The molecule has 0 spiro atoms. The van der Waals surface area contributed by atoms with Crippen molar-refractivity contribution in [2.45, 2.75) is 129 Å². The van der Waals surface area contributed by atoms with Crippen molar-refractivity contribution in [2.75, 3.05) is 0 Å². The highest BCUT2D eigenvalue weighted by Crippen LogP contribution is 2.33. The van der Waals surface area contributed by atoms with E-state index < -0.39 is 29.3 Å². The molecule has 2 aromatic carbocycles. The number of hydrogen-bond acceptors (Lipinski definition) is 4. The number of alkyl carbamates (subject to hydrolysis) is 1. The van der Waals surface area contributed by atoms with Gasteiger partial charge in [0.2, 0.25) is 11.8 Å². The number of hydrogen-bond donors (Lipinski definition) is 2. The standard InChI is InChI=1S/C35H51N3O4/c1-8-25-20-22-27(23-21-25)30(31(39)36-28-18-14-11-15-19-28)38(35(6,7)9-2)32(40)29(24-26-16-12-10-13-17-26)37-33(41)42-34(3,4)5/h10,12-13,16-17,20-23,28-30H,8-9,11,14-15,18-19,24H2,1-7H3,(H,36,39)(H,37,41). The van der Waals surface area contributed by atoms with Crippen LogP contribution in [-0.2, 0) is 27.2 Å². The second kappa shape index (κ2) is 14.7. The summed E-state index contributed by atoms with van der Waals surface area (Å²) in [6.45, 7) is 13.5. The fraction of sp³-hybridized carbons (Fsp3) is 0.571. The first-order chi connectivity index (χ1) is 19.8. The molecule has 230 valence electrons. The summed E-state index contributed by atoms with van der Waals surface area (Å²) in [7, 11) is 0. The number of carbonyl (C=O) groups excluding carboxylic acids is 3. The van der Waals surface area contributed by atoms with Gasteiger partial charge in [-0.3, -0.25) is 9.59 Å². The lowest BCUT2D eigenvalue weighted by molar-refractivity contribution is -0.149. The molecule has 0 aliphatic heterocycles. The number of amides is 3. The first-order valence-corrected chi connectivity index (χ1v) is 15.6. The highest BCUT2D eigenvalue weighted by Gasteiger charge is 2.43. The third-order valence-electron chi connectivity index (χ3n) is 8.19. The SMILES string of the molecule is CCc1ccc(C(C(=O)NC2CCCCC2)N(C(=O)C(Cc2ccccc2)NC(=O)OC(C)(C)C)C(C)(C)CC)cc1. The second-order valence-electron chi connectivity index (χ2n) is 13.1. The Bertz CT molecular complexity index is 1160. The summed E-state index contributed by atoms with van der Waals surface area (Å²) in [5.41, 5.74) is 1.39. The third kappa shape index (κ3) is 9.33. The fourth-order valence-corrected chi connectivity index (χ4v) is 5.49. The quantitative estimate of drug-likeness (QED) is 0.304. The Morgan fingerprint density at radius 3 is 2.05 bits per heavy atom. The van der Waals surface area contributed by atoms with Gasteiger partial charge in [0.05, 0.1) is 0 Å². The van der Waals surface area contributed by atoms with Crippen LogP contribution in [0.5, 0.6) is 0 Å². The van der Waals surface area contributed by atoms with E-state index in [9.17, 15) is 14.4 Å². The van der Waals surface area contributed by atoms with Crippen molar-refractivity contribution in [3.05, 3.63) is 71.3 Å². The zero-order chi connectivity index (χ0) is 30.9. The van der Waals surface area contributed by atoms with E-state index in [1.165, 1.54) is 6.42 Å². The van der Waals surface area contributed by atoms with E-state index in [1.54, 1.807) is 25.7 Å². The summed E-state index contributed by atoms with van der Waals surface area (Å²) in [6, 6.07) is 15.9. The Labute approximate surface area is 252 Å². The van der Waals surface area contributed by atoms with Crippen LogP contribution in [0.2, 0.25) is 0 Å². The molecule has 0 aromatic heterocycles. The summed E-state index contributed by atoms with van der Waals surface area (Å²) < 4.78 is 5.57. The van der Waals surface area contributed by atoms with Crippen molar-refractivity contribution in [2.24, 2.45) is 0 Å². The van der Waals surface area contributed by atoms with Gasteiger partial charge in [-0.05, 0) is 77.0 Å². The van der Waals surface area contributed by atoms with Crippen LogP contribution in [0, 0.1) is 0 Å². The van der Waals surface area contributed by atoms with Gasteiger partial charge in [0.1, 0.15) is 17.7 Å². The maximum Gasteiger partial charge on any atom is 0.408 e. The molecule has 0 bridgehead atoms. The van der Waals surface area contributed by atoms with E-state index in [0.717, 1.165) is 48.8 Å². The first-order valence-electron chi connectivity index (χ1n) is 15.6. The average Bonchev–Trinajstić information content (AvgIpc) is 2.95. The van der Waals surface area contributed by atoms with Crippen LogP contribution >= 0.6 is 0 Å². The van der Waals surface area contributed by atoms with Gasteiger partial charge in [0, 0.05) is 18.0 Å². The topological polar surface area (TPSA) is 87.7 Å². The molecule has 0 saturated heterocycles. The van der Waals surface area contributed by atoms with Gasteiger partial charge in [-0.1, -0.05) is 87.7 Å². The van der Waals surface area contributed by atoms with Gasteiger partial charge in [0.25, 0.3) is 0 Å². The number of benzene rings is 2. The predicted molar refractivity (Wildman–Crippen MR) is 168 cm³/mol. The minimum absolute atomic E-state index is 0.0883. The highest BCUT2D eigenvalue weighted by molar-refractivity contribution is 5.93. The molecule has 0 radical (unpaired) electrons. The normalized spacial score (nSPS) is 15.8. The lowest BCUT2D eigenvalue weighted by atomic mass is 9.90. The van der Waals surface area contributed by atoms with Crippen LogP contribution in [0.4, 0.5) is 4.79 Å². The Morgan fingerprint density at radius 2 is 1.50 bits per heavy atom. The summed E-state index contributed by atoms with van der Waals surface area (Å²) in [4.78, 5) is 43.7. The van der Waals surface area contributed by atoms with Crippen LogP contribution in [0.3, 0.4) is 0 Å². The first kappa shape index (κ1) is 33.2. The molecule has 2 aromatic rings.